The third-order valence-corrected chi connectivity index (χ3v) is 6.96. The summed E-state index contributed by atoms with van der Waals surface area (Å²) in [6.07, 6.45) is -0.612. The molecule has 0 aliphatic rings. The molecule has 48 heavy (non-hydrogen) atoms. The zero-order valence-corrected chi connectivity index (χ0v) is 27.0. The molecule has 18 heteroatoms. The van der Waals surface area contributed by atoms with Crippen LogP contribution in [0.4, 0.5) is 0 Å². The lowest BCUT2D eigenvalue weighted by atomic mass is 10.0. The standard InChI is InChI=1S/C30H45N7O11/c1-16(33-29(48)30(2,3)37-27(45)21(15-23(40)41)36-25(43)18(32)14-22(38)39)24(42)35-20(13-17-9-5-4-6-10-17)26(44)34-19(28(46)47)11-7-8-12-31/h4-6,9-10,16,18-21H,7-8,11-15,31-32H2,1-3H3,(H,33,48)(H,34,44)(H,35,42)(H,36,43)(H,37,45)(H,38,39)(H,40,41)(H,46,47)/t16-,18-,19-,20-,21-/m0/s1. The molecule has 0 aromatic heterocycles. The number of unbranched alkanes of at least 4 members (excludes halogenated alkanes) is 1. The first-order valence-electron chi connectivity index (χ1n) is 15.1. The van der Waals surface area contributed by atoms with E-state index >= 15 is 0 Å². The third kappa shape index (κ3) is 14.5. The summed E-state index contributed by atoms with van der Waals surface area (Å²) in [7, 11) is 0. The Morgan fingerprint density at radius 1 is 0.729 bits per heavy atom. The van der Waals surface area contributed by atoms with Gasteiger partial charge in [-0.15, -0.1) is 0 Å². The van der Waals surface area contributed by atoms with Gasteiger partial charge in [-0.3, -0.25) is 33.6 Å². The molecule has 0 aliphatic heterocycles. The number of carboxylic acids is 3. The maximum Gasteiger partial charge on any atom is 0.326 e. The van der Waals surface area contributed by atoms with Gasteiger partial charge in [-0.2, -0.15) is 0 Å². The van der Waals surface area contributed by atoms with Crippen molar-refractivity contribution in [1.82, 2.24) is 26.6 Å². The Bertz CT molecular complexity index is 1320. The predicted octanol–water partition coefficient (Wildman–Crippen LogP) is -2.43. The highest BCUT2D eigenvalue weighted by Gasteiger charge is 2.36. The summed E-state index contributed by atoms with van der Waals surface area (Å²) in [4.78, 5) is 98.6. The molecule has 0 aliphatic carbocycles. The Labute approximate surface area is 276 Å². The number of hydrogen-bond acceptors (Lipinski definition) is 10. The number of nitrogens with two attached hydrogens (primary N) is 2. The van der Waals surface area contributed by atoms with E-state index in [9.17, 15) is 48.6 Å². The van der Waals surface area contributed by atoms with Crippen molar-refractivity contribution in [1.29, 1.82) is 0 Å². The summed E-state index contributed by atoms with van der Waals surface area (Å²) in [6, 6.07) is 1.52. The van der Waals surface area contributed by atoms with E-state index < -0.39 is 96.0 Å². The number of aliphatic carboxylic acids is 3. The highest BCUT2D eigenvalue weighted by atomic mass is 16.4. The Hall–Kier alpha value is -5.10. The lowest BCUT2D eigenvalue weighted by Gasteiger charge is -2.29. The van der Waals surface area contributed by atoms with Crippen LogP contribution in [0.3, 0.4) is 0 Å². The molecular formula is C30H45N7O11. The molecule has 12 N–H and O–H groups in total. The lowest BCUT2D eigenvalue weighted by molar-refractivity contribution is -0.143. The average molecular weight is 680 g/mol. The first kappa shape index (κ1) is 40.9. The van der Waals surface area contributed by atoms with Crippen molar-refractivity contribution in [2.75, 3.05) is 6.54 Å². The number of rotatable bonds is 21. The van der Waals surface area contributed by atoms with Crippen LogP contribution in [0.1, 0.15) is 58.4 Å². The molecule has 0 unspecified atom stereocenters. The Morgan fingerprint density at radius 3 is 1.83 bits per heavy atom. The largest absolute Gasteiger partial charge is 0.481 e. The molecule has 0 saturated carbocycles. The second-order valence-electron chi connectivity index (χ2n) is 11.6. The highest BCUT2D eigenvalue weighted by Crippen LogP contribution is 2.09. The quantitative estimate of drug-likeness (QED) is 0.0605. The number of carbonyl (C=O) groups is 8. The number of carboxylic acid groups (broad SMARTS) is 3. The van der Waals surface area contributed by atoms with Gasteiger partial charge in [0.1, 0.15) is 29.7 Å². The van der Waals surface area contributed by atoms with Crippen LogP contribution in [-0.2, 0) is 44.8 Å². The zero-order valence-electron chi connectivity index (χ0n) is 27.0. The molecular weight excluding hydrogens is 634 g/mol. The third-order valence-electron chi connectivity index (χ3n) is 6.96. The molecule has 0 fully saturated rings. The van der Waals surface area contributed by atoms with E-state index in [4.69, 9.17) is 16.6 Å². The van der Waals surface area contributed by atoms with Crippen LogP contribution in [0.5, 0.6) is 0 Å². The van der Waals surface area contributed by atoms with E-state index in [0.717, 1.165) is 0 Å². The van der Waals surface area contributed by atoms with Gasteiger partial charge in [-0.1, -0.05) is 30.3 Å². The lowest BCUT2D eigenvalue weighted by Crippen LogP contribution is -2.62. The van der Waals surface area contributed by atoms with Crippen molar-refractivity contribution < 1.29 is 53.7 Å². The number of hydrogen-bond donors (Lipinski definition) is 10. The van der Waals surface area contributed by atoms with Crippen molar-refractivity contribution in [3.8, 4) is 0 Å². The van der Waals surface area contributed by atoms with E-state index in [1.165, 1.54) is 20.8 Å². The molecule has 18 nitrogen and oxygen atoms in total. The fourth-order valence-corrected chi connectivity index (χ4v) is 4.22. The summed E-state index contributed by atoms with van der Waals surface area (Å²) in [5.74, 6) is -8.86. The van der Waals surface area contributed by atoms with Crippen molar-refractivity contribution in [3.63, 3.8) is 0 Å². The molecule has 1 rings (SSSR count). The van der Waals surface area contributed by atoms with E-state index in [0.29, 0.717) is 24.9 Å². The van der Waals surface area contributed by atoms with E-state index in [1.807, 2.05) is 0 Å². The monoisotopic (exact) mass is 679 g/mol. The van der Waals surface area contributed by atoms with Crippen molar-refractivity contribution >= 4 is 47.4 Å². The van der Waals surface area contributed by atoms with Gasteiger partial charge in [0, 0.05) is 6.42 Å². The molecule has 5 amide bonds. The minimum atomic E-state index is -1.78. The van der Waals surface area contributed by atoms with Gasteiger partial charge < -0.3 is 53.4 Å². The fraction of sp³-hybridized carbons (Fsp3) is 0.533. The summed E-state index contributed by atoms with van der Waals surface area (Å²) < 4.78 is 0. The van der Waals surface area contributed by atoms with Crippen LogP contribution in [0, 0.1) is 0 Å². The highest BCUT2D eigenvalue weighted by molar-refractivity contribution is 5.98. The maximum absolute atomic E-state index is 13.2. The first-order valence-corrected chi connectivity index (χ1v) is 15.1. The molecule has 0 radical (unpaired) electrons. The molecule has 0 spiro atoms. The van der Waals surface area contributed by atoms with E-state index in [1.54, 1.807) is 30.3 Å². The van der Waals surface area contributed by atoms with Crippen LogP contribution in [0.15, 0.2) is 30.3 Å². The van der Waals surface area contributed by atoms with Crippen molar-refractivity contribution in [2.45, 2.75) is 95.0 Å². The van der Waals surface area contributed by atoms with Gasteiger partial charge in [-0.25, -0.2) is 4.79 Å². The van der Waals surface area contributed by atoms with Crippen LogP contribution < -0.4 is 38.1 Å². The van der Waals surface area contributed by atoms with Gasteiger partial charge in [0.15, 0.2) is 0 Å². The first-order chi connectivity index (χ1) is 22.4. The van der Waals surface area contributed by atoms with Crippen LogP contribution in [0.25, 0.3) is 0 Å². The van der Waals surface area contributed by atoms with E-state index in [2.05, 4.69) is 26.6 Å². The Morgan fingerprint density at radius 2 is 1.29 bits per heavy atom. The second kappa shape index (κ2) is 19.5. The normalized spacial score (nSPS) is 14.2. The number of amides is 5. The summed E-state index contributed by atoms with van der Waals surface area (Å²) in [6.45, 7) is 4.12. The molecule has 0 bridgehead atoms. The number of nitrogens with one attached hydrogen (secondary N) is 5. The number of benzene rings is 1. The Kier molecular flexibility index (Phi) is 16.7. The van der Waals surface area contributed by atoms with Crippen LogP contribution in [-0.4, -0.2) is 105 Å². The molecule has 5 atom stereocenters. The van der Waals surface area contributed by atoms with Crippen molar-refractivity contribution in [3.05, 3.63) is 35.9 Å². The molecule has 266 valence electrons. The number of carbonyl (C=O) groups excluding carboxylic acids is 5. The minimum Gasteiger partial charge on any atom is -0.481 e. The summed E-state index contributed by atoms with van der Waals surface area (Å²) in [5, 5.41) is 39.3. The SMILES string of the molecule is C[C@H](NC(=O)C(C)(C)NC(=O)[C@H](CC(=O)O)NC(=O)[C@@H](N)CC(=O)O)C(=O)N[C@@H](Cc1ccccc1)C(=O)N[C@@H](CCCCN)C(=O)O. The molecule has 0 saturated heterocycles. The minimum absolute atomic E-state index is 0.0113. The average Bonchev–Trinajstić information content (AvgIpc) is 2.99. The van der Waals surface area contributed by atoms with Gasteiger partial charge in [0.25, 0.3) is 0 Å². The summed E-state index contributed by atoms with van der Waals surface area (Å²) >= 11 is 0. The molecule has 1 aromatic carbocycles. The smallest absolute Gasteiger partial charge is 0.326 e. The van der Waals surface area contributed by atoms with E-state index in [-0.39, 0.29) is 12.8 Å². The van der Waals surface area contributed by atoms with Gasteiger partial charge in [0.2, 0.25) is 29.5 Å². The second-order valence-corrected chi connectivity index (χ2v) is 11.6. The van der Waals surface area contributed by atoms with Crippen LogP contribution in [0.2, 0.25) is 0 Å². The van der Waals surface area contributed by atoms with Gasteiger partial charge >= 0.3 is 17.9 Å². The Balaban J connectivity index is 3.03. The van der Waals surface area contributed by atoms with Crippen molar-refractivity contribution in [2.24, 2.45) is 11.5 Å². The van der Waals surface area contributed by atoms with Gasteiger partial charge in [-0.05, 0) is 52.1 Å². The predicted molar refractivity (Wildman–Crippen MR) is 169 cm³/mol. The maximum atomic E-state index is 13.2. The van der Waals surface area contributed by atoms with Crippen LogP contribution >= 0.6 is 0 Å². The summed E-state index contributed by atoms with van der Waals surface area (Å²) in [5.41, 5.74) is 9.83. The topological polar surface area (TPSA) is 309 Å². The zero-order chi connectivity index (χ0) is 36.6. The fourth-order valence-electron chi connectivity index (χ4n) is 4.22. The molecule has 0 heterocycles. The van der Waals surface area contributed by atoms with Gasteiger partial charge in [0.05, 0.1) is 18.9 Å². The molecule has 1 aromatic rings.